The van der Waals surface area contributed by atoms with E-state index in [1.54, 1.807) is 0 Å². The van der Waals surface area contributed by atoms with Crippen LogP contribution in [0.3, 0.4) is 0 Å². The second-order valence-corrected chi connectivity index (χ2v) is 5.84. The van der Waals surface area contributed by atoms with Gasteiger partial charge in [0.15, 0.2) is 0 Å². The van der Waals surface area contributed by atoms with Crippen molar-refractivity contribution in [1.29, 1.82) is 0 Å². The number of benzene rings is 1. The Morgan fingerprint density at radius 1 is 1.23 bits per heavy atom. The van der Waals surface area contributed by atoms with Crippen LogP contribution < -0.4 is 0 Å². The number of hydrogen-bond donors (Lipinski definition) is 0. The number of rotatable bonds is 5. The van der Waals surface area contributed by atoms with Gasteiger partial charge in [-0.1, -0.05) is 40.6 Å². The van der Waals surface area contributed by atoms with Gasteiger partial charge in [0.05, 0.1) is 11.4 Å². The summed E-state index contributed by atoms with van der Waals surface area (Å²) in [5, 5.41) is 8.23. The maximum atomic E-state index is 5.58. The van der Waals surface area contributed by atoms with Crippen LogP contribution in [0.15, 0.2) is 40.0 Å². The molecule has 0 spiro atoms. The normalized spacial score (nSPS) is 17.6. The van der Waals surface area contributed by atoms with Gasteiger partial charge in [0.2, 0.25) is 0 Å². The van der Waals surface area contributed by atoms with Crippen LogP contribution in [0.5, 0.6) is 0 Å². The van der Waals surface area contributed by atoms with Gasteiger partial charge < -0.3 is 9.36 Å². The van der Waals surface area contributed by atoms with E-state index in [0.717, 1.165) is 47.8 Å². The summed E-state index contributed by atoms with van der Waals surface area (Å²) >= 11 is 0. The van der Waals surface area contributed by atoms with Gasteiger partial charge in [-0.3, -0.25) is 4.90 Å². The third kappa shape index (κ3) is 3.20. The largest absolute Gasteiger partial charge is 0.390 e. The lowest BCUT2D eigenvalue weighted by molar-refractivity contribution is 0.0575. The Bertz CT molecular complexity index is 644. The predicted octanol–water partition coefficient (Wildman–Crippen LogP) is 2.92. The lowest BCUT2D eigenvalue weighted by Crippen LogP contribution is -2.29. The fourth-order valence-corrected chi connectivity index (χ4v) is 2.74. The van der Waals surface area contributed by atoms with Crippen molar-refractivity contribution in [1.82, 2.24) is 10.1 Å². The molecule has 116 valence electrons. The van der Waals surface area contributed by atoms with Gasteiger partial charge in [0.25, 0.3) is 0 Å². The Morgan fingerprint density at radius 3 is 2.68 bits per heavy atom. The molecule has 0 bridgehead atoms. The van der Waals surface area contributed by atoms with Crippen molar-refractivity contribution in [2.24, 2.45) is 5.16 Å². The Hall–Kier alpha value is -2.14. The molecule has 0 saturated heterocycles. The van der Waals surface area contributed by atoms with Crippen molar-refractivity contribution in [3.8, 4) is 0 Å². The lowest BCUT2D eigenvalue weighted by atomic mass is 10.0. The van der Waals surface area contributed by atoms with E-state index in [9.17, 15) is 0 Å². The summed E-state index contributed by atoms with van der Waals surface area (Å²) in [6, 6.07) is 10.2. The molecular weight excluding hydrogens is 278 g/mol. The highest BCUT2D eigenvalue weighted by atomic mass is 16.6. The molecule has 22 heavy (non-hydrogen) atoms. The summed E-state index contributed by atoms with van der Waals surface area (Å²) in [4.78, 5) is 7.80. The van der Waals surface area contributed by atoms with Gasteiger partial charge in [-0.25, -0.2) is 0 Å². The Kier molecular flexibility index (Phi) is 4.24. The van der Waals surface area contributed by atoms with Crippen LogP contribution in [0, 0.1) is 13.8 Å². The molecule has 1 atom stereocenters. The summed E-state index contributed by atoms with van der Waals surface area (Å²) in [6.07, 6.45) is 0.941. The van der Waals surface area contributed by atoms with Crippen molar-refractivity contribution in [2.75, 3.05) is 13.6 Å². The van der Waals surface area contributed by atoms with E-state index < -0.39 is 0 Å². The van der Waals surface area contributed by atoms with Crippen molar-refractivity contribution < 1.29 is 9.36 Å². The fourth-order valence-electron chi connectivity index (χ4n) is 2.74. The van der Waals surface area contributed by atoms with Crippen molar-refractivity contribution in [3.05, 3.63) is 52.9 Å². The minimum absolute atomic E-state index is 0.0979. The first kappa shape index (κ1) is 14.8. The minimum Gasteiger partial charge on any atom is -0.390 e. The van der Waals surface area contributed by atoms with E-state index in [2.05, 4.69) is 34.4 Å². The first-order valence-electron chi connectivity index (χ1n) is 7.52. The van der Waals surface area contributed by atoms with Crippen LogP contribution in [-0.4, -0.2) is 35.5 Å². The van der Waals surface area contributed by atoms with E-state index >= 15 is 0 Å². The van der Waals surface area contributed by atoms with Crippen LogP contribution in [-0.2, 0) is 11.4 Å². The summed E-state index contributed by atoms with van der Waals surface area (Å²) in [5.74, 6) is 0.887. The number of oxime groups is 1. The second-order valence-electron chi connectivity index (χ2n) is 5.84. The molecule has 0 N–H and O–H groups in total. The predicted molar refractivity (Wildman–Crippen MR) is 84.8 cm³/mol. The van der Waals surface area contributed by atoms with Crippen LogP contribution in [0.4, 0.5) is 0 Å². The van der Waals surface area contributed by atoms with Crippen molar-refractivity contribution in [2.45, 2.75) is 32.9 Å². The molecule has 2 aromatic rings. The minimum atomic E-state index is 0.0979. The van der Waals surface area contributed by atoms with Crippen molar-refractivity contribution >= 4 is 5.71 Å². The Morgan fingerprint density at radius 2 is 2.00 bits per heavy atom. The third-order valence-corrected chi connectivity index (χ3v) is 3.96. The Balaban J connectivity index is 1.55. The molecule has 5 heteroatoms. The number of aryl methyl sites for hydroxylation is 2. The van der Waals surface area contributed by atoms with E-state index in [4.69, 9.17) is 9.36 Å². The Labute approximate surface area is 130 Å². The second kappa shape index (κ2) is 6.32. The highest BCUT2D eigenvalue weighted by Crippen LogP contribution is 2.19. The van der Waals surface area contributed by atoms with E-state index in [0.29, 0.717) is 0 Å². The quantitative estimate of drug-likeness (QED) is 0.852. The monoisotopic (exact) mass is 299 g/mol. The molecule has 1 aromatic heterocycles. The number of likely N-dealkylation sites (N-methyl/N-ethyl adjacent to an activating group) is 1. The van der Waals surface area contributed by atoms with Gasteiger partial charge in [-0.15, -0.1) is 0 Å². The van der Waals surface area contributed by atoms with Crippen LogP contribution in [0.25, 0.3) is 0 Å². The zero-order chi connectivity index (χ0) is 15.5. The summed E-state index contributed by atoms with van der Waals surface area (Å²) in [5.41, 5.74) is 4.28. The highest BCUT2D eigenvalue weighted by Gasteiger charge is 2.24. The summed E-state index contributed by atoms with van der Waals surface area (Å²) < 4.78 is 5.21. The van der Waals surface area contributed by atoms with E-state index in [1.165, 1.54) is 0 Å². The smallest absolute Gasteiger partial charge is 0.145 e. The van der Waals surface area contributed by atoms with Crippen molar-refractivity contribution in [3.63, 3.8) is 0 Å². The third-order valence-electron chi connectivity index (χ3n) is 3.96. The molecule has 2 heterocycles. The molecule has 3 rings (SSSR count). The number of hydrogen-bond acceptors (Lipinski definition) is 5. The van der Waals surface area contributed by atoms with Gasteiger partial charge >= 0.3 is 0 Å². The SMILES string of the molecule is Cc1noc(C)c1CN(C)C[C@H]1CC(c2ccccc2)=NO1. The van der Waals surface area contributed by atoms with Gasteiger partial charge in [0, 0.05) is 25.1 Å². The first-order chi connectivity index (χ1) is 10.6. The molecule has 0 aliphatic carbocycles. The van der Waals surface area contributed by atoms with Gasteiger partial charge in [0.1, 0.15) is 11.9 Å². The molecule has 1 aliphatic heterocycles. The van der Waals surface area contributed by atoms with Gasteiger partial charge in [-0.2, -0.15) is 0 Å². The molecular formula is C17H21N3O2. The maximum Gasteiger partial charge on any atom is 0.145 e. The number of aromatic nitrogens is 1. The summed E-state index contributed by atoms with van der Waals surface area (Å²) in [7, 11) is 2.08. The lowest BCUT2D eigenvalue weighted by Gasteiger charge is -2.19. The first-order valence-corrected chi connectivity index (χ1v) is 7.52. The standard InChI is InChI=1S/C17H21N3O2/c1-12-16(13(2)21-18-12)11-20(3)10-15-9-17(19-22-15)14-7-5-4-6-8-14/h4-8,15H,9-11H2,1-3H3/t15-/m1/s1. The van der Waals surface area contributed by atoms with Crippen LogP contribution in [0.2, 0.25) is 0 Å². The molecule has 5 nitrogen and oxygen atoms in total. The van der Waals surface area contributed by atoms with Crippen LogP contribution in [0.1, 0.15) is 29.0 Å². The molecule has 1 aromatic carbocycles. The zero-order valence-corrected chi connectivity index (χ0v) is 13.2. The van der Waals surface area contributed by atoms with E-state index in [-0.39, 0.29) is 6.10 Å². The van der Waals surface area contributed by atoms with Crippen LogP contribution >= 0.6 is 0 Å². The van der Waals surface area contributed by atoms with Gasteiger partial charge in [-0.05, 0) is 26.5 Å². The summed E-state index contributed by atoms with van der Waals surface area (Å²) in [6.45, 7) is 5.56. The molecule has 0 fully saturated rings. The zero-order valence-electron chi connectivity index (χ0n) is 13.2. The molecule has 0 unspecified atom stereocenters. The molecule has 0 saturated carbocycles. The molecule has 0 amide bonds. The topological polar surface area (TPSA) is 50.9 Å². The fraction of sp³-hybridized carbons (Fsp3) is 0.412. The maximum absolute atomic E-state index is 5.58. The van der Waals surface area contributed by atoms with E-state index in [1.807, 2.05) is 32.0 Å². The number of nitrogens with zero attached hydrogens (tertiary/aromatic N) is 3. The molecule has 1 aliphatic rings. The average molecular weight is 299 g/mol. The molecule has 0 radical (unpaired) electrons. The highest BCUT2D eigenvalue weighted by molar-refractivity contribution is 6.01. The average Bonchev–Trinajstić information content (AvgIpc) is 3.10.